The Bertz CT molecular complexity index is 1730. The Kier molecular flexibility index (Phi) is 6.17. The minimum absolute atomic E-state index is 0.0191. The molecule has 0 aliphatic rings. The molecule has 0 aliphatic carbocycles. The summed E-state index contributed by atoms with van der Waals surface area (Å²) >= 11 is 6.04. The topological polar surface area (TPSA) is 156 Å². The van der Waals surface area contributed by atoms with E-state index in [-0.39, 0.29) is 21.7 Å². The second-order valence-electron chi connectivity index (χ2n) is 7.94. The highest BCUT2D eigenvalue weighted by atomic mass is 35.5. The fraction of sp³-hybridized carbons (Fsp3) is 0.0385. The molecule has 1 amide bonds. The molecular formula is C26H16ClN9O. The molecule has 0 saturated heterocycles. The lowest BCUT2D eigenvalue weighted by Gasteiger charge is -2.15. The van der Waals surface area contributed by atoms with E-state index < -0.39 is 5.91 Å². The van der Waals surface area contributed by atoms with Gasteiger partial charge in [0.15, 0.2) is 5.65 Å². The van der Waals surface area contributed by atoms with Gasteiger partial charge in [-0.25, -0.2) is 19.9 Å². The van der Waals surface area contributed by atoms with Crippen LogP contribution in [0.15, 0.2) is 61.3 Å². The maximum atomic E-state index is 12.9. The summed E-state index contributed by atoms with van der Waals surface area (Å²) in [5.74, 6) is 0.0688. The van der Waals surface area contributed by atoms with Crippen LogP contribution in [0.5, 0.6) is 0 Å². The molecule has 0 aliphatic heterocycles. The van der Waals surface area contributed by atoms with Crippen molar-refractivity contribution in [3.8, 4) is 23.4 Å². The molecule has 5 aromatic rings. The number of anilines is 3. The molecule has 3 heterocycles. The first-order valence-electron chi connectivity index (χ1n) is 10.9. The largest absolute Gasteiger partial charge is 0.341 e. The zero-order chi connectivity index (χ0) is 25.9. The third-order valence-corrected chi connectivity index (χ3v) is 6.02. The number of hydrogen-bond acceptors (Lipinski definition) is 8. The van der Waals surface area contributed by atoms with Crippen LogP contribution in [-0.4, -0.2) is 30.8 Å². The Labute approximate surface area is 215 Å². The van der Waals surface area contributed by atoms with E-state index in [4.69, 9.17) is 11.6 Å². The lowest BCUT2D eigenvalue weighted by molar-refractivity contribution is 0.102. The molecule has 2 aromatic carbocycles. The average Bonchev–Trinajstić information content (AvgIpc) is 3.40. The number of nitrogens with zero attached hydrogens (tertiary/aromatic N) is 6. The number of rotatable bonds is 5. The third-order valence-electron chi connectivity index (χ3n) is 5.61. The lowest BCUT2D eigenvalue weighted by atomic mass is 10.1. The van der Waals surface area contributed by atoms with Crippen LogP contribution in [0.1, 0.15) is 27.0 Å². The number of amides is 1. The molecule has 178 valence electrons. The number of nitriles is 2. The van der Waals surface area contributed by atoms with E-state index in [0.29, 0.717) is 34.1 Å². The van der Waals surface area contributed by atoms with Crippen molar-refractivity contribution < 1.29 is 4.79 Å². The van der Waals surface area contributed by atoms with Crippen molar-refractivity contribution in [2.24, 2.45) is 0 Å². The summed E-state index contributed by atoms with van der Waals surface area (Å²) in [4.78, 5) is 33.3. The van der Waals surface area contributed by atoms with Gasteiger partial charge in [-0.3, -0.25) is 4.79 Å². The Morgan fingerprint density at radius 1 is 1.03 bits per heavy atom. The van der Waals surface area contributed by atoms with Crippen molar-refractivity contribution in [1.29, 1.82) is 10.5 Å². The molecule has 0 unspecified atom stereocenters. The van der Waals surface area contributed by atoms with Crippen molar-refractivity contribution in [1.82, 2.24) is 24.9 Å². The second kappa shape index (κ2) is 9.74. The zero-order valence-electron chi connectivity index (χ0n) is 19.2. The molecule has 37 heavy (non-hydrogen) atoms. The van der Waals surface area contributed by atoms with E-state index in [0.717, 1.165) is 11.1 Å². The number of carbonyl (C=O) groups excluding carboxylic acids is 1. The van der Waals surface area contributed by atoms with Crippen molar-refractivity contribution in [3.63, 3.8) is 0 Å². The minimum Gasteiger partial charge on any atom is -0.341 e. The number of aryl methyl sites for hydroxylation is 1. The van der Waals surface area contributed by atoms with E-state index in [2.05, 4.69) is 35.6 Å². The predicted molar refractivity (Wildman–Crippen MR) is 138 cm³/mol. The van der Waals surface area contributed by atoms with E-state index in [9.17, 15) is 15.3 Å². The van der Waals surface area contributed by atoms with Crippen molar-refractivity contribution in [3.05, 3.63) is 88.6 Å². The van der Waals surface area contributed by atoms with Crippen LogP contribution in [-0.2, 0) is 0 Å². The van der Waals surface area contributed by atoms with Crippen molar-refractivity contribution >= 4 is 45.9 Å². The number of H-pyrrole nitrogens is 1. The summed E-state index contributed by atoms with van der Waals surface area (Å²) in [5, 5.41) is 24.7. The van der Waals surface area contributed by atoms with Gasteiger partial charge in [0.1, 0.15) is 35.5 Å². The van der Waals surface area contributed by atoms with Gasteiger partial charge in [-0.2, -0.15) is 10.5 Å². The van der Waals surface area contributed by atoms with Crippen LogP contribution in [0.25, 0.3) is 22.4 Å². The Balaban J connectivity index is 1.46. The number of aromatic nitrogens is 5. The Hall–Kier alpha value is -5.32. The molecule has 10 nitrogen and oxygen atoms in total. The summed E-state index contributed by atoms with van der Waals surface area (Å²) in [7, 11) is 0. The monoisotopic (exact) mass is 505 g/mol. The number of pyridine rings is 1. The molecule has 0 radical (unpaired) electrons. The van der Waals surface area contributed by atoms with Crippen molar-refractivity contribution in [2.75, 3.05) is 10.6 Å². The van der Waals surface area contributed by atoms with E-state index >= 15 is 0 Å². The van der Waals surface area contributed by atoms with Gasteiger partial charge < -0.3 is 15.6 Å². The maximum absolute atomic E-state index is 12.9. The number of benzene rings is 2. The van der Waals surface area contributed by atoms with Gasteiger partial charge in [0.2, 0.25) is 0 Å². The Morgan fingerprint density at radius 3 is 2.57 bits per heavy atom. The highest BCUT2D eigenvalue weighted by Crippen LogP contribution is 2.32. The highest BCUT2D eigenvalue weighted by molar-refractivity contribution is 6.33. The molecule has 5 rings (SSSR count). The Morgan fingerprint density at radius 2 is 1.81 bits per heavy atom. The van der Waals surface area contributed by atoms with Gasteiger partial charge in [0, 0.05) is 28.7 Å². The third kappa shape index (κ3) is 4.52. The number of aromatic amines is 1. The summed E-state index contributed by atoms with van der Waals surface area (Å²) in [6.45, 7) is 1.92. The number of carbonyl (C=O) groups is 1. The van der Waals surface area contributed by atoms with Crippen LogP contribution in [0.4, 0.5) is 17.2 Å². The summed E-state index contributed by atoms with van der Waals surface area (Å²) in [6.07, 6.45) is 4.67. The zero-order valence-corrected chi connectivity index (χ0v) is 20.0. The first-order valence-corrected chi connectivity index (χ1v) is 11.3. The fourth-order valence-electron chi connectivity index (χ4n) is 3.75. The average molecular weight is 506 g/mol. The molecule has 0 fully saturated rings. The SMILES string of the molecule is Cc1ccc(NC(=O)c2cc(C#N)c(Cl)c(C#N)c2)cc1Nc1ncccc1-c1ncnc2nc[nH]c12. The lowest BCUT2D eigenvalue weighted by Crippen LogP contribution is -2.13. The number of hydrogen-bond donors (Lipinski definition) is 3. The standard InChI is InChI=1S/C26H16ClN9O/c1-14-4-5-18(35-26(37)15-7-16(10-28)21(27)17(8-15)11-29)9-20(14)36-24-19(3-2-6-30-24)22-23-25(33-12-31-22)34-13-32-23/h2-9,12-13H,1H3,(H,30,36)(H,35,37)(H,31,32,33,34). The quantitative estimate of drug-likeness (QED) is 0.297. The molecule has 0 spiro atoms. The summed E-state index contributed by atoms with van der Waals surface area (Å²) in [5.41, 5.74) is 4.98. The molecule has 0 bridgehead atoms. The van der Waals surface area contributed by atoms with Crippen LogP contribution >= 0.6 is 11.6 Å². The predicted octanol–water partition coefficient (Wildman–Crippen LogP) is 5.12. The van der Waals surface area contributed by atoms with E-state index in [1.54, 1.807) is 24.7 Å². The van der Waals surface area contributed by atoms with Gasteiger partial charge in [0.05, 0.1) is 22.5 Å². The molecule has 3 N–H and O–H groups in total. The molecule has 3 aromatic heterocycles. The maximum Gasteiger partial charge on any atom is 0.255 e. The van der Waals surface area contributed by atoms with Crippen LogP contribution < -0.4 is 10.6 Å². The molecule has 0 atom stereocenters. The number of fused-ring (bicyclic) bond motifs is 1. The number of nitrogens with one attached hydrogen (secondary N) is 3. The molecular weight excluding hydrogens is 490 g/mol. The van der Waals surface area contributed by atoms with E-state index in [1.807, 2.05) is 37.3 Å². The first kappa shape index (κ1) is 23.4. The second-order valence-corrected chi connectivity index (χ2v) is 8.32. The molecule has 0 saturated carbocycles. The summed E-state index contributed by atoms with van der Waals surface area (Å²) < 4.78 is 0. The van der Waals surface area contributed by atoms with Gasteiger partial charge in [-0.1, -0.05) is 17.7 Å². The van der Waals surface area contributed by atoms with Gasteiger partial charge in [-0.15, -0.1) is 0 Å². The van der Waals surface area contributed by atoms with Crippen LogP contribution in [0.3, 0.4) is 0 Å². The fourth-order valence-corrected chi connectivity index (χ4v) is 3.94. The van der Waals surface area contributed by atoms with Gasteiger partial charge >= 0.3 is 0 Å². The summed E-state index contributed by atoms with van der Waals surface area (Å²) in [6, 6.07) is 15.6. The van der Waals surface area contributed by atoms with Gasteiger partial charge in [-0.05, 0) is 48.9 Å². The van der Waals surface area contributed by atoms with E-state index in [1.165, 1.54) is 18.5 Å². The normalized spacial score (nSPS) is 10.5. The number of halogens is 1. The highest BCUT2D eigenvalue weighted by Gasteiger charge is 2.16. The van der Waals surface area contributed by atoms with Crippen molar-refractivity contribution in [2.45, 2.75) is 6.92 Å². The van der Waals surface area contributed by atoms with Gasteiger partial charge in [0.25, 0.3) is 5.91 Å². The van der Waals surface area contributed by atoms with Crippen LogP contribution in [0.2, 0.25) is 5.02 Å². The first-order chi connectivity index (χ1) is 18.0. The number of imidazole rings is 1. The van der Waals surface area contributed by atoms with Crippen LogP contribution in [0, 0.1) is 29.6 Å². The minimum atomic E-state index is -0.486. The molecule has 11 heteroatoms. The smallest absolute Gasteiger partial charge is 0.255 e.